The second kappa shape index (κ2) is 13.7. The number of rotatable bonds is 10. The highest BCUT2D eigenvalue weighted by Crippen LogP contribution is 2.49. The average molecular weight is 636 g/mol. The number of aliphatic hydroxyl groups is 1. The Kier molecular flexibility index (Phi) is 10.2. The number of benzene rings is 3. The summed E-state index contributed by atoms with van der Waals surface area (Å²) in [5, 5.41) is 17.7. The van der Waals surface area contributed by atoms with Crippen LogP contribution >= 0.6 is 15.9 Å². The molecule has 7 nitrogen and oxygen atoms in total. The topological polar surface area (TPSA) is 105 Å². The normalized spacial score (nSPS) is 22.0. The summed E-state index contributed by atoms with van der Waals surface area (Å²) in [5.41, 5.74) is 1.90. The van der Waals surface area contributed by atoms with E-state index in [0.29, 0.717) is 46.6 Å². The highest BCUT2D eigenvalue weighted by Gasteiger charge is 2.56. The van der Waals surface area contributed by atoms with E-state index in [1.807, 2.05) is 69.3 Å². The Morgan fingerprint density at radius 2 is 1.50 bits per heavy atom. The van der Waals surface area contributed by atoms with Gasteiger partial charge in [0.15, 0.2) is 0 Å². The number of aryl methyl sites for hydroxylation is 2. The van der Waals surface area contributed by atoms with Crippen LogP contribution in [0, 0.1) is 11.8 Å². The highest BCUT2D eigenvalue weighted by atomic mass is 79.9. The largest absolute Gasteiger partial charge is 0.493 e. The van der Waals surface area contributed by atoms with Gasteiger partial charge in [-0.3, -0.25) is 14.4 Å². The first kappa shape index (κ1) is 31.4. The van der Waals surface area contributed by atoms with E-state index < -0.39 is 41.0 Å². The molecule has 3 aromatic rings. The summed E-state index contributed by atoms with van der Waals surface area (Å²) in [6.07, 6.45) is 1.79. The lowest BCUT2D eigenvalue weighted by atomic mass is 9.61. The third-order valence-corrected chi connectivity index (χ3v) is 8.43. The number of amides is 2. The monoisotopic (exact) mass is 634 g/mol. The van der Waals surface area contributed by atoms with Crippen molar-refractivity contribution in [3.63, 3.8) is 0 Å². The number of nitrogens with one attached hydrogen (secondary N) is 2. The second-order valence-electron chi connectivity index (χ2n) is 11.0. The molecule has 0 heterocycles. The summed E-state index contributed by atoms with van der Waals surface area (Å²) >= 11 is 3.53. The quantitative estimate of drug-likeness (QED) is 0.216. The molecule has 4 unspecified atom stereocenters. The number of carbonyl (C=O) groups excluding carboxylic acids is 3. The minimum atomic E-state index is -1.73. The van der Waals surface area contributed by atoms with Gasteiger partial charge < -0.3 is 20.5 Å². The number of Topliss-reactive ketones (excluding diaryl/α,β-unsaturated/α-hetero) is 1. The number of para-hydroxylation sites is 2. The molecule has 4 rings (SSSR count). The van der Waals surface area contributed by atoms with Crippen molar-refractivity contribution in [3.8, 4) is 5.75 Å². The molecule has 8 heteroatoms. The maximum Gasteiger partial charge on any atom is 0.235 e. The molecule has 1 aliphatic carbocycles. The van der Waals surface area contributed by atoms with Crippen LogP contribution < -0.4 is 15.4 Å². The molecule has 0 radical (unpaired) electrons. The smallest absolute Gasteiger partial charge is 0.235 e. The molecule has 0 bridgehead atoms. The first-order valence-electron chi connectivity index (χ1n) is 14.6. The molecule has 0 aliphatic heterocycles. The molecule has 1 saturated carbocycles. The lowest BCUT2D eigenvalue weighted by molar-refractivity contribution is -0.150. The first-order valence-corrected chi connectivity index (χ1v) is 15.3. The number of carbonyl (C=O) groups is 3. The molecule has 1 fully saturated rings. The van der Waals surface area contributed by atoms with E-state index in [1.165, 1.54) is 6.92 Å². The van der Waals surface area contributed by atoms with E-state index in [9.17, 15) is 19.5 Å². The van der Waals surface area contributed by atoms with Crippen LogP contribution in [-0.4, -0.2) is 34.9 Å². The Bertz CT molecular complexity index is 1450. The van der Waals surface area contributed by atoms with Crippen LogP contribution in [0.3, 0.4) is 0 Å². The van der Waals surface area contributed by atoms with E-state index in [0.717, 1.165) is 17.5 Å². The molecular weight excluding hydrogens is 596 g/mol. The van der Waals surface area contributed by atoms with Gasteiger partial charge in [0.05, 0.1) is 18.1 Å². The second-order valence-corrected chi connectivity index (χ2v) is 11.9. The molecule has 3 N–H and O–H groups in total. The number of halogens is 1. The molecule has 3 aromatic carbocycles. The predicted molar refractivity (Wildman–Crippen MR) is 169 cm³/mol. The van der Waals surface area contributed by atoms with Gasteiger partial charge in [0, 0.05) is 33.7 Å². The Hall–Kier alpha value is -3.49. The maximum absolute atomic E-state index is 14.2. The van der Waals surface area contributed by atoms with Gasteiger partial charge >= 0.3 is 0 Å². The van der Waals surface area contributed by atoms with E-state index in [1.54, 1.807) is 18.2 Å². The van der Waals surface area contributed by atoms with Crippen molar-refractivity contribution in [3.05, 3.63) is 87.9 Å². The van der Waals surface area contributed by atoms with E-state index in [4.69, 9.17) is 4.74 Å². The van der Waals surface area contributed by atoms with Crippen LogP contribution in [0.5, 0.6) is 5.75 Å². The molecule has 222 valence electrons. The first-order chi connectivity index (χ1) is 20.1. The standard InChI is InChI=1S/C34H39BrN2O5/c1-5-18-42-28-17-16-23(35)19-24(28)29-30(32(39)36-25-14-10-8-12-21(25)6-2)27(38)20-34(4,41)31(29)33(40)37-26-15-11-9-13-22(26)7-3/h8-17,19,29-31,41H,5-7,18,20H2,1-4H3,(H,36,39)(H,37,40). The Labute approximate surface area is 256 Å². The van der Waals surface area contributed by atoms with Gasteiger partial charge in [0.1, 0.15) is 17.5 Å². The third kappa shape index (κ3) is 6.76. The zero-order chi connectivity index (χ0) is 30.4. The average Bonchev–Trinajstić information content (AvgIpc) is 2.96. The van der Waals surface area contributed by atoms with Gasteiger partial charge in [0.2, 0.25) is 11.8 Å². The molecule has 0 aromatic heterocycles. The van der Waals surface area contributed by atoms with E-state index in [-0.39, 0.29) is 6.42 Å². The lowest BCUT2D eigenvalue weighted by Gasteiger charge is -2.45. The van der Waals surface area contributed by atoms with Crippen molar-refractivity contribution in [2.45, 2.75) is 64.9 Å². The third-order valence-electron chi connectivity index (χ3n) is 7.94. The maximum atomic E-state index is 14.2. The van der Waals surface area contributed by atoms with Crippen LogP contribution in [0.2, 0.25) is 0 Å². The number of anilines is 2. The summed E-state index contributed by atoms with van der Waals surface area (Å²) < 4.78 is 6.79. The Morgan fingerprint density at radius 1 is 0.929 bits per heavy atom. The van der Waals surface area contributed by atoms with Gasteiger partial charge in [-0.25, -0.2) is 0 Å². The molecule has 0 spiro atoms. The fourth-order valence-corrected chi connectivity index (χ4v) is 6.29. The summed E-state index contributed by atoms with van der Waals surface area (Å²) in [5.74, 6) is -4.35. The minimum Gasteiger partial charge on any atom is -0.493 e. The molecule has 42 heavy (non-hydrogen) atoms. The summed E-state index contributed by atoms with van der Waals surface area (Å²) in [4.78, 5) is 42.1. The van der Waals surface area contributed by atoms with Gasteiger partial charge in [-0.15, -0.1) is 0 Å². The Morgan fingerprint density at radius 3 is 2.07 bits per heavy atom. The van der Waals surface area contributed by atoms with Crippen LogP contribution in [-0.2, 0) is 27.2 Å². The predicted octanol–water partition coefficient (Wildman–Crippen LogP) is 6.68. The summed E-state index contributed by atoms with van der Waals surface area (Å²) in [7, 11) is 0. The van der Waals surface area contributed by atoms with Crippen LogP contribution in [0.15, 0.2) is 71.2 Å². The zero-order valence-corrected chi connectivity index (χ0v) is 26.2. The number of hydrogen-bond donors (Lipinski definition) is 3. The van der Waals surface area contributed by atoms with Crippen LogP contribution in [0.25, 0.3) is 0 Å². The zero-order valence-electron chi connectivity index (χ0n) is 24.6. The van der Waals surface area contributed by atoms with Crippen LogP contribution in [0.1, 0.15) is 63.1 Å². The number of ketones is 1. The van der Waals surface area contributed by atoms with Crippen molar-refractivity contribution in [2.24, 2.45) is 11.8 Å². The number of ether oxygens (including phenoxy) is 1. The van der Waals surface area contributed by atoms with Gasteiger partial charge in [0.25, 0.3) is 0 Å². The summed E-state index contributed by atoms with van der Waals surface area (Å²) in [6, 6.07) is 20.3. The summed E-state index contributed by atoms with van der Waals surface area (Å²) in [6.45, 7) is 7.88. The van der Waals surface area contributed by atoms with Crippen molar-refractivity contribution < 1.29 is 24.2 Å². The lowest BCUT2D eigenvalue weighted by Crippen LogP contribution is -2.56. The van der Waals surface area contributed by atoms with Gasteiger partial charge in [-0.05, 0) is 67.6 Å². The van der Waals surface area contributed by atoms with E-state index >= 15 is 0 Å². The SMILES string of the molecule is CCCOc1ccc(Br)cc1C1C(C(=O)Nc2ccccc2CC)C(=O)CC(C)(O)C1C(=O)Nc1ccccc1CC. The highest BCUT2D eigenvalue weighted by molar-refractivity contribution is 9.10. The van der Waals surface area contributed by atoms with Crippen molar-refractivity contribution >= 4 is 44.9 Å². The van der Waals surface area contributed by atoms with Crippen molar-refractivity contribution in [2.75, 3.05) is 17.2 Å². The van der Waals surface area contributed by atoms with Gasteiger partial charge in [-0.2, -0.15) is 0 Å². The fourth-order valence-electron chi connectivity index (χ4n) is 5.91. The molecular formula is C34H39BrN2O5. The molecule has 4 atom stereocenters. The van der Waals surface area contributed by atoms with Crippen molar-refractivity contribution in [1.29, 1.82) is 0 Å². The number of hydrogen-bond acceptors (Lipinski definition) is 5. The molecule has 1 aliphatic rings. The fraction of sp³-hybridized carbons (Fsp3) is 0.382. The van der Waals surface area contributed by atoms with Gasteiger partial charge in [-0.1, -0.05) is 73.1 Å². The minimum absolute atomic E-state index is 0.344. The van der Waals surface area contributed by atoms with Crippen LogP contribution in [0.4, 0.5) is 11.4 Å². The van der Waals surface area contributed by atoms with Crippen molar-refractivity contribution in [1.82, 2.24) is 0 Å². The molecule has 0 saturated heterocycles. The van der Waals surface area contributed by atoms with E-state index in [2.05, 4.69) is 26.6 Å². The molecule has 2 amide bonds. The Balaban J connectivity index is 1.86.